The summed E-state index contributed by atoms with van der Waals surface area (Å²) in [6, 6.07) is 7.55. The van der Waals surface area contributed by atoms with E-state index in [0.717, 1.165) is 24.4 Å². The van der Waals surface area contributed by atoms with Gasteiger partial charge in [0.25, 0.3) is 5.91 Å². The number of rotatable bonds is 6. The lowest BCUT2D eigenvalue weighted by Crippen LogP contribution is -2.27. The Morgan fingerprint density at radius 2 is 2.03 bits per heavy atom. The molecule has 194 valence electrons. The van der Waals surface area contributed by atoms with Crippen LogP contribution >= 0.6 is 0 Å². The third-order valence-electron chi connectivity index (χ3n) is 6.96. The van der Waals surface area contributed by atoms with Crippen molar-refractivity contribution in [3.8, 4) is 11.5 Å². The Kier molecular flexibility index (Phi) is 6.09. The predicted molar refractivity (Wildman–Crippen MR) is 138 cm³/mol. The molecule has 0 atom stereocenters. The number of carbonyl (C=O) groups is 2. The number of amides is 2. The molecule has 0 saturated carbocycles. The Labute approximate surface area is 215 Å². The number of alkyl carbamates (subject to hydrolysis) is 1. The van der Waals surface area contributed by atoms with Gasteiger partial charge in [-0.2, -0.15) is 0 Å². The number of fused-ring (bicyclic) bond motifs is 2. The Balaban J connectivity index is 1.49. The molecule has 3 aromatic heterocycles. The van der Waals surface area contributed by atoms with Crippen LogP contribution in [0.15, 0.2) is 24.3 Å². The number of ether oxygens (including phenoxy) is 1. The van der Waals surface area contributed by atoms with Gasteiger partial charge < -0.3 is 19.5 Å². The highest BCUT2D eigenvalue weighted by atomic mass is 16.5. The molecular formula is C26H32N8O3. The van der Waals surface area contributed by atoms with Gasteiger partial charge in [-0.25, -0.2) is 14.8 Å². The molecule has 37 heavy (non-hydrogen) atoms. The number of nitrogens with zero attached hydrogens (tertiary/aromatic N) is 7. The second-order valence-corrected chi connectivity index (χ2v) is 10.6. The van der Waals surface area contributed by atoms with Crippen LogP contribution in [-0.4, -0.2) is 56.9 Å². The van der Waals surface area contributed by atoms with Crippen molar-refractivity contribution in [1.82, 2.24) is 30.0 Å². The lowest BCUT2D eigenvalue weighted by atomic mass is 9.92. The fourth-order valence-electron chi connectivity index (χ4n) is 4.74. The first-order valence-corrected chi connectivity index (χ1v) is 12.4. The third-order valence-corrected chi connectivity index (χ3v) is 6.96. The van der Waals surface area contributed by atoms with E-state index in [1.54, 1.807) is 11.0 Å². The third kappa shape index (κ3) is 4.49. The van der Waals surface area contributed by atoms with E-state index in [0.29, 0.717) is 34.4 Å². The van der Waals surface area contributed by atoms with Gasteiger partial charge in [-0.05, 0) is 37.5 Å². The van der Waals surface area contributed by atoms with Crippen molar-refractivity contribution in [2.24, 2.45) is 5.41 Å². The van der Waals surface area contributed by atoms with Crippen molar-refractivity contribution in [3.63, 3.8) is 0 Å². The molecule has 2 amide bonds. The number of hydrogen-bond acceptors (Lipinski definition) is 8. The molecule has 0 aliphatic carbocycles. The summed E-state index contributed by atoms with van der Waals surface area (Å²) in [5.74, 6) is 2.64. The quantitative estimate of drug-likeness (QED) is 0.544. The van der Waals surface area contributed by atoms with Gasteiger partial charge in [-0.1, -0.05) is 19.9 Å². The van der Waals surface area contributed by atoms with Crippen molar-refractivity contribution in [2.45, 2.75) is 59.9 Å². The van der Waals surface area contributed by atoms with Crippen LogP contribution in [0, 0.1) is 5.41 Å². The van der Waals surface area contributed by atoms with Crippen molar-refractivity contribution < 1.29 is 14.3 Å². The predicted octanol–water partition coefficient (Wildman–Crippen LogP) is 3.18. The summed E-state index contributed by atoms with van der Waals surface area (Å²) in [4.78, 5) is 38.6. The topological polar surface area (TPSA) is 118 Å². The summed E-state index contributed by atoms with van der Waals surface area (Å²) in [5.41, 5.74) is 2.59. The van der Waals surface area contributed by atoms with E-state index >= 15 is 0 Å². The fraction of sp³-hybridized carbons (Fsp3) is 0.462. The number of pyridine rings is 2. The average Bonchev–Trinajstić information content (AvgIpc) is 3.51. The lowest BCUT2D eigenvalue weighted by Gasteiger charge is -2.23. The highest BCUT2D eigenvalue weighted by molar-refractivity contribution is 6.10. The molecule has 0 unspecified atom stereocenters. The SMILES string of the molecule is CNC(=O)OCc1nc(N(C)C(C)C)cc2c1CN(c1cccc(-c3nnc4n3CC(C)(C)C4)n1)C2=O. The lowest BCUT2D eigenvalue weighted by molar-refractivity contribution is 0.0996. The normalized spacial score (nSPS) is 15.6. The molecule has 0 fully saturated rings. The number of carbonyl (C=O) groups excluding carboxylic acids is 2. The van der Waals surface area contributed by atoms with Gasteiger partial charge in [0.15, 0.2) is 5.82 Å². The summed E-state index contributed by atoms with van der Waals surface area (Å²) >= 11 is 0. The van der Waals surface area contributed by atoms with E-state index in [9.17, 15) is 9.59 Å². The summed E-state index contributed by atoms with van der Waals surface area (Å²) in [7, 11) is 3.42. The molecule has 5 rings (SSSR count). The molecule has 0 aromatic carbocycles. The molecular weight excluding hydrogens is 472 g/mol. The minimum absolute atomic E-state index is 0.0436. The number of nitrogens with one attached hydrogen (secondary N) is 1. The van der Waals surface area contributed by atoms with Gasteiger partial charge in [0.1, 0.15) is 29.8 Å². The summed E-state index contributed by atoms with van der Waals surface area (Å²) < 4.78 is 7.42. The van der Waals surface area contributed by atoms with Gasteiger partial charge >= 0.3 is 6.09 Å². The highest BCUT2D eigenvalue weighted by Crippen LogP contribution is 2.35. The zero-order valence-corrected chi connectivity index (χ0v) is 22.1. The van der Waals surface area contributed by atoms with Crippen LogP contribution in [-0.2, 0) is 30.9 Å². The zero-order chi connectivity index (χ0) is 26.5. The minimum Gasteiger partial charge on any atom is -0.443 e. The van der Waals surface area contributed by atoms with Crippen LogP contribution in [0.4, 0.5) is 16.4 Å². The molecule has 5 heterocycles. The van der Waals surface area contributed by atoms with Crippen LogP contribution in [0.3, 0.4) is 0 Å². The molecule has 0 saturated heterocycles. The maximum Gasteiger partial charge on any atom is 0.407 e. The first-order chi connectivity index (χ1) is 17.6. The van der Waals surface area contributed by atoms with Gasteiger partial charge in [0.05, 0.1) is 17.8 Å². The molecule has 11 nitrogen and oxygen atoms in total. The molecule has 3 aromatic rings. The van der Waals surface area contributed by atoms with Crippen LogP contribution in [0.5, 0.6) is 0 Å². The van der Waals surface area contributed by atoms with Crippen molar-refractivity contribution in [3.05, 3.63) is 46.9 Å². The average molecular weight is 505 g/mol. The van der Waals surface area contributed by atoms with E-state index < -0.39 is 6.09 Å². The fourth-order valence-corrected chi connectivity index (χ4v) is 4.74. The van der Waals surface area contributed by atoms with Gasteiger partial charge in [-0.15, -0.1) is 10.2 Å². The first-order valence-electron chi connectivity index (χ1n) is 12.4. The van der Waals surface area contributed by atoms with E-state index in [4.69, 9.17) is 14.7 Å². The van der Waals surface area contributed by atoms with E-state index in [2.05, 4.69) is 33.9 Å². The second-order valence-electron chi connectivity index (χ2n) is 10.6. The van der Waals surface area contributed by atoms with Crippen LogP contribution < -0.4 is 15.1 Å². The molecule has 2 aliphatic heterocycles. The summed E-state index contributed by atoms with van der Waals surface area (Å²) in [6.45, 7) is 9.55. The van der Waals surface area contributed by atoms with Crippen LogP contribution in [0.25, 0.3) is 11.5 Å². The Morgan fingerprint density at radius 3 is 2.76 bits per heavy atom. The van der Waals surface area contributed by atoms with E-state index in [1.165, 1.54) is 7.05 Å². The first kappa shape index (κ1) is 24.7. The maximum absolute atomic E-state index is 13.6. The van der Waals surface area contributed by atoms with Crippen LogP contribution in [0.1, 0.15) is 55.1 Å². The molecule has 0 radical (unpaired) electrons. The van der Waals surface area contributed by atoms with Crippen molar-refractivity contribution in [2.75, 3.05) is 23.9 Å². The molecule has 1 N–H and O–H groups in total. The van der Waals surface area contributed by atoms with Crippen molar-refractivity contribution >= 4 is 23.6 Å². The molecule has 0 spiro atoms. The molecule has 11 heteroatoms. The number of aromatic nitrogens is 5. The zero-order valence-electron chi connectivity index (χ0n) is 22.1. The molecule has 0 bridgehead atoms. The number of anilines is 2. The number of hydrogen-bond donors (Lipinski definition) is 1. The minimum atomic E-state index is -0.558. The van der Waals surface area contributed by atoms with E-state index in [1.807, 2.05) is 44.0 Å². The summed E-state index contributed by atoms with van der Waals surface area (Å²) in [6.07, 6.45) is 0.304. The summed E-state index contributed by atoms with van der Waals surface area (Å²) in [5, 5.41) is 11.2. The largest absolute Gasteiger partial charge is 0.443 e. The Morgan fingerprint density at radius 1 is 1.24 bits per heavy atom. The molecule has 2 aliphatic rings. The smallest absolute Gasteiger partial charge is 0.407 e. The Hall–Kier alpha value is -4.02. The maximum atomic E-state index is 13.6. The van der Waals surface area contributed by atoms with Gasteiger partial charge in [-0.3, -0.25) is 9.69 Å². The Bertz CT molecular complexity index is 1380. The highest BCUT2D eigenvalue weighted by Gasteiger charge is 2.35. The van der Waals surface area contributed by atoms with Crippen LogP contribution in [0.2, 0.25) is 0 Å². The standard InChI is InChI=1S/C26H32N8O3/c1-15(2)32(6)21-10-16-17(19(29-21)13-37-25(36)27-5)12-33(24(16)35)20-9-7-8-18(28-20)23-31-30-22-11-26(3,4)14-34(22)23/h7-10,15H,11-14H2,1-6H3,(H,27,36). The van der Waals surface area contributed by atoms with Gasteiger partial charge in [0, 0.05) is 38.7 Å². The monoisotopic (exact) mass is 504 g/mol. The second kappa shape index (κ2) is 9.13. The van der Waals surface area contributed by atoms with Gasteiger partial charge in [0.2, 0.25) is 0 Å². The van der Waals surface area contributed by atoms with E-state index in [-0.39, 0.29) is 30.5 Å². The van der Waals surface area contributed by atoms with Crippen molar-refractivity contribution in [1.29, 1.82) is 0 Å².